The topological polar surface area (TPSA) is 26.9 Å². The molecule has 1 heterocycles. The van der Waals surface area contributed by atoms with Gasteiger partial charge in [0.25, 0.3) is 0 Å². The summed E-state index contributed by atoms with van der Waals surface area (Å²) < 4.78 is 3.79. The van der Waals surface area contributed by atoms with Gasteiger partial charge in [0, 0.05) is 12.6 Å². The molecule has 0 amide bonds. The average Bonchev–Trinajstić information content (AvgIpc) is 2.59. The van der Waals surface area contributed by atoms with Crippen LogP contribution in [0.3, 0.4) is 0 Å². The van der Waals surface area contributed by atoms with E-state index in [1.807, 2.05) is 16.1 Å². The lowest BCUT2D eigenvalue weighted by Crippen LogP contribution is -2.25. The molecule has 0 bridgehead atoms. The largest absolute Gasteiger partial charge is 0.329 e. The molecule has 0 saturated carbocycles. The van der Waals surface area contributed by atoms with Crippen LogP contribution in [0.4, 0.5) is 0 Å². The van der Waals surface area contributed by atoms with E-state index in [0.29, 0.717) is 5.92 Å². The Labute approximate surface area is 108 Å². The molecule has 0 unspecified atom stereocenters. The van der Waals surface area contributed by atoms with E-state index in [1.54, 1.807) is 0 Å². The molecule has 0 spiro atoms. The highest BCUT2D eigenvalue weighted by Crippen LogP contribution is 2.26. The average molecular weight is 246 g/mol. The van der Waals surface area contributed by atoms with Crippen LogP contribution in [0.1, 0.15) is 52.1 Å². The van der Waals surface area contributed by atoms with Gasteiger partial charge in [-0.25, -0.2) is 4.79 Å². The van der Waals surface area contributed by atoms with Crippen molar-refractivity contribution in [2.45, 2.75) is 53.1 Å². The molecule has 0 saturated heterocycles. The Morgan fingerprint density at radius 1 is 1.17 bits per heavy atom. The van der Waals surface area contributed by atoms with Gasteiger partial charge in [-0.05, 0) is 38.3 Å². The summed E-state index contributed by atoms with van der Waals surface area (Å²) in [6.07, 6.45) is 0. The first-order chi connectivity index (χ1) is 8.49. The van der Waals surface area contributed by atoms with Crippen molar-refractivity contribution in [1.82, 2.24) is 9.13 Å². The predicted octanol–water partition coefficient (Wildman–Crippen LogP) is 3.53. The van der Waals surface area contributed by atoms with Crippen LogP contribution >= 0.6 is 0 Å². The molecule has 2 aromatic rings. The minimum absolute atomic E-state index is 0.107. The maximum absolute atomic E-state index is 12.5. The summed E-state index contributed by atoms with van der Waals surface area (Å²) in [4.78, 5) is 12.5. The Hall–Kier alpha value is -1.51. The van der Waals surface area contributed by atoms with E-state index in [4.69, 9.17) is 0 Å². The third kappa shape index (κ3) is 1.78. The van der Waals surface area contributed by atoms with E-state index in [0.717, 1.165) is 17.6 Å². The highest BCUT2D eigenvalue weighted by atomic mass is 16.1. The van der Waals surface area contributed by atoms with Gasteiger partial charge in [0.15, 0.2) is 0 Å². The SMILES string of the molecule is CCn1c(=O)n(C(C)C)c2cccc(C(C)C)c21. The first-order valence-electron chi connectivity index (χ1n) is 6.72. The molecule has 2 rings (SSSR count). The second-order valence-electron chi connectivity index (χ2n) is 5.36. The molecule has 18 heavy (non-hydrogen) atoms. The van der Waals surface area contributed by atoms with Crippen molar-refractivity contribution in [3.05, 3.63) is 34.2 Å². The van der Waals surface area contributed by atoms with Crippen molar-refractivity contribution in [2.24, 2.45) is 0 Å². The number of benzene rings is 1. The third-order valence-corrected chi connectivity index (χ3v) is 3.47. The quantitative estimate of drug-likeness (QED) is 0.814. The van der Waals surface area contributed by atoms with Gasteiger partial charge < -0.3 is 0 Å². The van der Waals surface area contributed by atoms with Crippen LogP contribution < -0.4 is 5.69 Å². The first-order valence-corrected chi connectivity index (χ1v) is 6.72. The van der Waals surface area contributed by atoms with Crippen LogP contribution in [-0.4, -0.2) is 9.13 Å². The molecular formula is C15H22N2O. The van der Waals surface area contributed by atoms with Crippen LogP contribution in [0.15, 0.2) is 23.0 Å². The Morgan fingerprint density at radius 2 is 1.83 bits per heavy atom. The number of imidazole rings is 1. The molecule has 0 fully saturated rings. The van der Waals surface area contributed by atoms with E-state index < -0.39 is 0 Å². The zero-order valence-corrected chi connectivity index (χ0v) is 11.9. The fourth-order valence-electron chi connectivity index (χ4n) is 2.62. The maximum Gasteiger partial charge on any atom is 0.329 e. The van der Waals surface area contributed by atoms with Crippen molar-refractivity contribution < 1.29 is 0 Å². The molecule has 0 N–H and O–H groups in total. The number of rotatable bonds is 3. The number of fused-ring (bicyclic) bond motifs is 1. The molecule has 0 atom stereocenters. The van der Waals surface area contributed by atoms with E-state index in [1.165, 1.54) is 5.56 Å². The van der Waals surface area contributed by atoms with Gasteiger partial charge >= 0.3 is 5.69 Å². The number of nitrogens with zero attached hydrogens (tertiary/aromatic N) is 2. The highest BCUT2D eigenvalue weighted by molar-refractivity contribution is 5.80. The van der Waals surface area contributed by atoms with Crippen molar-refractivity contribution in [3.63, 3.8) is 0 Å². The third-order valence-electron chi connectivity index (χ3n) is 3.47. The normalized spacial score (nSPS) is 11.9. The molecule has 0 aliphatic heterocycles. The summed E-state index contributed by atoms with van der Waals surface area (Å²) in [6.45, 7) is 11.2. The van der Waals surface area contributed by atoms with Crippen LogP contribution in [-0.2, 0) is 6.54 Å². The van der Waals surface area contributed by atoms with Crippen LogP contribution in [0, 0.1) is 0 Å². The molecule has 0 aliphatic carbocycles. The summed E-state index contributed by atoms with van der Waals surface area (Å²) in [5.41, 5.74) is 3.53. The number of hydrogen-bond donors (Lipinski definition) is 0. The highest BCUT2D eigenvalue weighted by Gasteiger charge is 2.17. The van der Waals surface area contributed by atoms with Crippen molar-refractivity contribution in [1.29, 1.82) is 0 Å². The van der Waals surface area contributed by atoms with Gasteiger partial charge in [0.05, 0.1) is 11.0 Å². The van der Waals surface area contributed by atoms with Crippen LogP contribution in [0.5, 0.6) is 0 Å². The molecule has 0 radical (unpaired) electrons. The monoisotopic (exact) mass is 246 g/mol. The first kappa shape index (κ1) is 12.9. The Balaban J connectivity index is 2.95. The lowest BCUT2D eigenvalue weighted by Gasteiger charge is -2.10. The Bertz CT molecular complexity index is 617. The standard InChI is InChI=1S/C15H22N2O/c1-6-16-14-12(10(2)3)8-7-9-13(14)17(11(4)5)15(16)18/h7-11H,6H2,1-5H3. The van der Waals surface area contributed by atoms with Gasteiger partial charge in [0.2, 0.25) is 0 Å². The minimum Gasteiger partial charge on any atom is -0.292 e. The Morgan fingerprint density at radius 3 is 2.33 bits per heavy atom. The number of para-hydroxylation sites is 1. The summed E-state index contributed by atoms with van der Waals surface area (Å²) in [5.74, 6) is 0.425. The molecule has 1 aromatic carbocycles. The lowest BCUT2D eigenvalue weighted by atomic mass is 10.0. The zero-order chi connectivity index (χ0) is 13.4. The molecular weight excluding hydrogens is 224 g/mol. The van der Waals surface area contributed by atoms with Crippen LogP contribution in [0.2, 0.25) is 0 Å². The second kappa shape index (κ2) is 4.63. The maximum atomic E-state index is 12.5. The van der Waals surface area contributed by atoms with E-state index in [2.05, 4.69) is 45.9 Å². The van der Waals surface area contributed by atoms with Gasteiger partial charge in [-0.2, -0.15) is 0 Å². The second-order valence-corrected chi connectivity index (χ2v) is 5.36. The van der Waals surface area contributed by atoms with Gasteiger partial charge in [-0.3, -0.25) is 9.13 Å². The van der Waals surface area contributed by atoms with E-state index in [-0.39, 0.29) is 11.7 Å². The summed E-state index contributed by atoms with van der Waals surface area (Å²) in [6, 6.07) is 6.42. The van der Waals surface area contributed by atoms with Crippen molar-refractivity contribution >= 4 is 11.0 Å². The summed E-state index contributed by atoms with van der Waals surface area (Å²) in [7, 11) is 0. The fourth-order valence-corrected chi connectivity index (χ4v) is 2.62. The number of aromatic nitrogens is 2. The minimum atomic E-state index is 0.107. The van der Waals surface area contributed by atoms with Crippen molar-refractivity contribution in [2.75, 3.05) is 0 Å². The summed E-state index contributed by atoms with van der Waals surface area (Å²) in [5, 5.41) is 0. The summed E-state index contributed by atoms with van der Waals surface area (Å²) >= 11 is 0. The smallest absolute Gasteiger partial charge is 0.292 e. The predicted molar refractivity (Wildman–Crippen MR) is 76.3 cm³/mol. The fraction of sp³-hybridized carbons (Fsp3) is 0.533. The van der Waals surface area contributed by atoms with Crippen LogP contribution in [0.25, 0.3) is 11.0 Å². The van der Waals surface area contributed by atoms with E-state index in [9.17, 15) is 4.79 Å². The van der Waals surface area contributed by atoms with Gasteiger partial charge in [-0.15, -0.1) is 0 Å². The van der Waals surface area contributed by atoms with Gasteiger partial charge in [0.1, 0.15) is 0 Å². The molecule has 98 valence electrons. The lowest BCUT2D eigenvalue weighted by molar-refractivity contribution is 0.571. The number of hydrogen-bond acceptors (Lipinski definition) is 1. The van der Waals surface area contributed by atoms with Crippen molar-refractivity contribution in [3.8, 4) is 0 Å². The molecule has 3 nitrogen and oxygen atoms in total. The van der Waals surface area contributed by atoms with E-state index >= 15 is 0 Å². The zero-order valence-electron chi connectivity index (χ0n) is 11.9. The molecule has 1 aromatic heterocycles. The van der Waals surface area contributed by atoms with Gasteiger partial charge in [-0.1, -0.05) is 26.0 Å². The molecule has 0 aliphatic rings. The number of aryl methyl sites for hydroxylation is 1. The Kier molecular flexibility index (Phi) is 3.33. The molecule has 3 heteroatoms.